The van der Waals surface area contributed by atoms with E-state index in [4.69, 9.17) is 34.0 Å². The van der Waals surface area contributed by atoms with Crippen molar-refractivity contribution in [1.82, 2.24) is 4.90 Å². The Morgan fingerprint density at radius 2 is 1.79 bits per heavy atom. The molecule has 0 aliphatic carbocycles. The first-order valence-corrected chi connectivity index (χ1v) is 10.7. The average Bonchev–Trinajstić information content (AvgIpc) is 2.82. The number of rotatable bonds is 10. The topological polar surface area (TPSA) is 106 Å². The van der Waals surface area contributed by atoms with Gasteiger partial charge in [0.1, 0.15) is 18.1 Å². The van der Waals surface area contributed by atoms with Gasteiger partial charge in [-0.2, -0.15) is 0 Å². The maximum absolute atomic E-state index is 9.10. The van der Waals surface area contributed by atoms with E-state index in [1.807, 2.05) is 24.3 Å². The number of carbonyl (C=O) groups is 2. The molecule has 8 nitrogen and oxygen atoms in total. The number of methoxy groups -OCH3 is 1. The van der Waals surface area contributed by atoms with Crippen molar-refractivity contribution in [1.29, 1.82) is 0 Å². The first kappa shape index (κ1) is 25.9. The molecule has 178 valence electrons. The molecule has 33 heavy (non-hydrogen) atoms. The average molecular weight is 458 g/mol. The summed E-state index contributed by atoms with van der Waals surface area (Å²) in [5.41, 5.74) is 4.01. The molecule has 0 spiro atoms. The number of benzene rings is 2. The van der Waals surface area contributed by atoms with E-state index in [0.717, 1.165) is 56.1 Å². The molecule has 2 N–H and O–H groups in total. The van der Waals surface area contributed by atoms with Gasteiger partial charge in [0.2, 0.25) is 0 Å². The van der Waals surface area contributed by atoms with Crippen LogP contribution in [-0.4, -0.2) is 67.1 Å². The second kappa shape index (κ2) is 13.9. The van der Waals surface area contributed by atoms with Gasteiger partial charge >= 0.3 is 11.9 Å². The number of fused-ring (bicyclic) bond motifs is 1. The number of ether oxygens (including phenoxy) is 3. The van der Waals surface area contributed by atoms with E-state index < -0.39 is 11.9 Å². The summed E-state index contributed by atoms with van der Waals surface area (Å²) in [6, 6.07) is 14.6. The second-order valence-electron chi connectivity index (χ2n) is 7.33. The highest BCUT2D eigenvalue weighted by Gasteiger charge is 2.15. The summed E-state index contributed by atoms with van der Waals surface area (Å²) in [7, 11) is 1.67. The molecule has 0 fully saturated rings. The normalized spacial score (nSPS) is 12.6. The van der Waals surface area contributed by atoms with Crippen molar-refractivity contribution in [2.75, 3.05) is 40.0 Å². The largest absolute Gasteiger partial charge is 0.497 e. The zero-order valence-electron chi connectivity index (χ0n) is 18.9. The third kappa shape index (κ3) is 8.96. The number of aliphatic carboxylic acids is 2. The van der Waals surface area contributed by atoms with Crippen LogP contribution in [0.1, 0.15) is 16.7 Å². The summed E-state index contributed by atoms with van der Waals surface area (Å²) in [5, 5.41) is 14.8. The van der Waals surface area contributed by atoms with Gasteiger partial charge in [-0.05, 0) is 42.2 Å². The number of hydrogen-bond acceptors (Lipinski definition) is 6. The van der Waals surface area contributed by atoms with Crippen LogP contribution in [0.2, 0.25) is 0 Å². The van der Waals surface area contributed by atoms with Crippen LogP contribution >= 0.6 is 0 Å². The second-order valence-corrected chi connectivity index (χ2v) is 7.33. The van der Waals surface area contributed by atoms with Gasteiger partial charge in [0.25, 0.3) is 0 Å². The Labute approximate surface area is 194 Å². The van der Waals surface area contributed by atoms with Crippen LogP contribution < -0.4 is 9.47 Å². The van der Waals surface area contributed by atoms with Crippen LogP contribution in [0, 0.1) is 0 Å². The van der Waals surface area contributed by atoms with Crippen molar-refractivity contribution < 1.29 is 34.0 Å². The maximum atomic E-state index is 9.10. The van der Waals surface area contributed by atoms with Gasteiger partial charge in [-0.25, -0.2) is 9.59 Å². The predicted octanol–water partition coefficient (Wildman–Crippen LogP) is 3.03. The Kier molecular flexibility index (Phi) is 10.9. The third-order valence-corrected chi connectivity index (χ3v) is 5.06. The van der Waals surface area contributed by atoms with Gasteiger partial charge < -0.3 is 24.4 Å². The lowest BCUT2D eigenvalue weighted by Crippen LogP contribution is -2.33. The molecule has 2 aromatic rings. The summed E-state index contributed by atoms with van der Waals surface area (Å²) in [4.78, 5) is 20.7. The van der Waals surface area contributed by atoms with E-state index in [1.54, 1.807) is 7.11 Å². The number of nitrogens with zero attached hydrogens (tertiary/aromatic N) is 1. The lowest BCUT2D eigenvalue weighted by atomic mass is 10.0. The maximum Gasteiger partial charge on any atom is 0.414 e. The first-order chi connectivity index (χ1) is 15.9. The van der Waals surface area contributed by atoms with E-state index in [0.29, 0.717) is 13.2 Å². The van der Waals surface area contributed by atoms with E-state index >= 15 is 0 Å². The van der Waals surface area contributed by atoms with Crippen LogP contribution in [-0.2, 0) is 33.7 Å². The minimum atomic E-state index is -1.82. The molecule has 0 saturated heterocycles. The molecule has 0 atom stereocenters. The molecule has 0 saturated carbocycles. The fourth-order valence-corrected chi connectivity index (χ4v) is 3.39. The number of carboxylic acids is 2. The minimum Gasteiger partial charge on any atom is -0.497 e. The van der Waals surface area contributed by atoms with E-state index in [1.165, 1.54) is 11.1 Å². The van der Waals surface area contributed by atoms with Gasteiger partial charge in [-0.15, -0.1) is 6.58 Å². The van der Waals surface area contributed by atoms with E-state index in [-0.39, 0.29) is 0 Å². The van der Waals surface area contributed by atoms with Crippen LogP contribution in [0.3, 0.4) is 0 Å². The molecule has 0 unspecified atom stereocenters. The van der Waals surface area contributed by atoms with Crippen LogP contribution in [0.25, 0.3) is 0 Å². The highest BCUT2D eigenvalue weighted by atomic mass is 16.5. The molecular weight excluding hydrogens is 426 g/mol. The summed E-state index contributed by atoms with van der Waals surface area (Å²) in [5.74, 6) is -1.95. The molecule has 0 bridgehead atoms. The van der Waals surface area contributed by atoms with Crippen molar-refractivity contribution in [2.45, 2.75) is 19.4 Å². The lowest BCUT2D eigenvalue weighted by molar-refractivity contribution is -0.159. The van der Waals surface area contributed by atoms with Gasteiger partial charge in [0.05, 0.1) is 20.3 Å². The van der Waals surface area contributed by atoms with Crippen LogP contribution in [0.4, 0.5) is 0 Å². The SMILES string of the molecule is C=CCc1cc(OC)ccc1OCCOCCN1CCc2ccccc2C1.O=C(O)C(=O)O. The fourth-order valence-electron chi connectivity index (χ4n) is 3.39. The quantitative estimate of drug-likeness (QED) is 0.319. The van der Waals surface area contributed by atoms with Gasteiger partial charge in [-0.1, -0.05) is 30.3 Å². The summed E-state index contributed by atoms with van der Waals surface area (Å²) in [6.45, 7) is 8.75. The standard InChI is InChI=1S/C23H29NO3.C2H2O4/c1-3-6-20-17-22(25-2)9-10-23(20)27-16-15-26-14-13-24-12-11-19-7-4-5-8-21(19)18-24;3-1(4)2(5)6/h3-5,7-10,17H,1,6,11-16,18H2,2H3;(H,3,4)(H,5,6). The Bertz CT molecular complexity index is 917. The number of carboxylic acid groups (broad SMARTS) is 2. The molecule has 0 radical (unpaired) electrons. The van der Waals surface area contributed by atoms with Crippen LogP contribution in [0.15, 0.2) is 55.1 Å². The monoisotopic (exact) mass is 457 g/mol. The van der Waals surface area contributed by atoms with E-state index in [2.05, 4.69) is 35.7 Å². The highest BCUT2D eigenvalue weighted by Crippen LogP contribution is 2.25. The van der Waals surface area contributed by atoms with Crippen molar-refractivity contribution in [3.05, 3.63) is 71.8 Å². The summed E-state index contributed by atoms with van der Waals surface area (Å²) < 4.78 is 16.9. The molecule has 3 rings (SSSR count). The van der Waals surface area contributed by atoms with Gasteiger partial charge in [0, 0.05) is 25.2 Å². The number of allylic oxidation sites excluding steroid dienone is 1. The molecule has 2 aromatic carbocycles. The summed E-state index contributed by atoms with van der Waals surface area (Å²) >= 11 is 0. The molecule has 8 heteroatoms. The Morgan fingerprint density at radius 1 is 1.06 bits per heavy atom. The Morgan fingerprint density at radius 3 is 2.45 bits per heavy atom. The number of hydrogen-bond donors (Lipinski definition) is 2. The van der Waals surface area contributed by atoms with Gasteiger partial charge in [0.15, 0.2) is 0 Å². The van der Waals surface area contributed by atoms with Crippen LogP contribution in [0.5, 0.6) is 11.5 Å². The lowest BCUT2D eigenvalue weighted by Gasteiger charge is -2.28. The van der Waals surface area contributed by atoms with Crippen molar-refractivity contribution in [2.24, 2.45) is 0 Å². The molecular formula is C25H31NO7. The van der Waals surface area contributed by atoms with Crippen molar-refractivity contribution >= 4 is 11.9 Å². The smallest absolute Gasteiger partial charge is 0.414 e. The van der Waals surface area contributed by atoms with Gasteiger partial charge in [-0.3, -0.25) is 4.90 Å². The third-order valence-electron chi connectivity index (χ3n) is 5.06. The molecule has 1 heterocycles. The molecule has 0 amide bonds. The summed E-state index contributed by atoms with van der Waals surface area (Å²) in [6.07, 6.45) is 3.75. The predicted molar refractivity (Wildman–Crippen MR) is 124 cm³/mol. The molecule has 0 aromatic heterocycles. The first-order valence-electron chi connectivity index (χ1n) is 10.7. The fraction of sp³-hybridized carbons (Fsp3) is 0.360. The molecule has 1 aliphatic heterocycles. The zero-order chi connectivity index (χ0) is 24.1. The van der Waals surface area contributed by atoms with Crippen molar-refractivity contribution in [3.8, 4) is 11.5 Å². The highest BCUT2D eigenvalue weighted by molar-refractivity contribution is 6.27. The Hall–Kier alpha value is -3.36. The molecule has 1 aliphatic rings. The van der Waals surface area contributed by atoms with Crippen molar-refractivity contribution in [3.63, 3.8) is 0 Å². The zero-order valence-corrected chi connectivity index (χ0v) is 18.9. The minimum absolute atomic E-state index is 0.541. The van der Waals surface area contributed by atoms with E-state index in [9.17, 15) is 0 Å². The Balaban J connectivity index is 0.000000569.